The van der Waals surface area contributed by atoms with Gasteiger partial charge >= 0.3 is 0 Å². The summed E-state index contributed by atoms with van der Waals surface area (Å²) in [4.78, 5) is 19.0. The molecule has 5 heteroatoms. The lowest BCUT2D eigenvalue weighted by atomic mass is 10.2. The fourth-order valence-electron chi connectivity index (χ4n) is 2.84. The Morgan fingerprint density at radius 3 is 2.46 bits per heavy atom. The van der Waals surface area contributed by atoms with E-state index in [4.69, 9.17) is 9.47 Å². The Hall–Kier alpha value is -3.34. The van der Waals surface area contributed by atoms with Gasteiger partial charge in [-0.15, -0.1) is 0 Å². The van der Waals surface area contributed by atoms with E-state index in [-0.39, 0.29) is 5.91 Å². The first-order valence-electron chi connectivity index (χ1n) is 8.49. The molecule has 0 unspecified atom stereocenters. The third-order valence-corrected chi connectivity index (χ3v) is 4.13. The van der Waals surface area contributed by atoms with Gasteiger partial charge in [0.1, 0.15) is 17.9 Å². The SMILES string of the molecule is O=C1c2ccc(Oc3ccccc3)nc2OCCN1Cc1ccccc1. The summed E-state index contributed by atoms with van der Waals surface area (Å²) in [5, 5.41) is 0. The minimum absolute atomic E-state index is 0.0832. The summed E-state index contributed by atoms with van der Waals surface area (Å²) in [7, 11) is 0. The van der Waals surface area contributed by atoms with E-state index in [2.05, 4.69) is 4.98 Å². The lowest BCUT2D eigenvalue weighted by molar-refractivity contribution is 0.0743. The van der Waals surface area contributed by atoms with Crippen LogP contribution in [0, 0.1) is 0 Å². The van der Waals surface area contributed by atoms with Crippen LogP contribution >= 0.6 is 0 Å². The number of carbonyl (C=O) groups is 1. The molecule has 5 nitrogen and oxygen atoms in total. The molecule has 0 saturated carbocycles. The molecule has 0 atom stereocenters. The summed E-state index contributed by atoms with van der Waals surface area (Å²) in [6.45, 7) is 1.46. The van der Waals surface area contributed by atoms with Gasteiger partial charge in [-0.2, -0.15) is 4.98 Å². The molecule has 0 radical (unpaired) electrons. The first-order chi connectivity index (χ1) is 12.8. The van der Waals surface area contributed by atoms with Gasteiger partial charge in [-0.05, 0) is 23.8 Å². The van der Waals surface area contributed by atoms with Gasteiger partial charge in [0.15, 0.2) is 0 Å². The van der Waals surface area contributed by atoms with Gasteiger partial charge < -0.3 is 14.4 Å². The highest BCUT2D eigenvalue weighted by Gasteiger charge is 2.25. The first kappa shape index (κ1) is 16.1. The average Bonchev–Trinajstić information content (AvgIpc) is 2.83. The second kappa shape index (κ2) is 7.27. The van der Waals surface area contributed by atoms with Crippen LogP contribution in [0.5, 0.6) is 17.5 Å². The fourth-order valence-corrected chi connectivity index (χ4v) is 2.84. The number of pyridine rings is 1. The molecule has 3 aromatic rings. The Kier molecular flexibility index (Phi) is 4.51. The third-order valence-electron chi connectivity index (χ3n) is 4.13. The van der Waals surface area contributed by atoms with Crippen molar-refractivity contribution in [3.05, 3.63) is 83.9 Å². The summed E-state index contributed by atoms with van der Waals surface area (Å²) in [5.41, 5.74) is 1.54. The number of rotatable bonds is 4. The molecule has 0 aliphatic carbocycles. The summed E-state index contributed by atoms with van der Waals surface area (Å²) in [6, 6.07) is 22.7. The Morgan fingerprint density at radius 1 is 0.962 bits per heavy atom. The molecule has 2 aromatic carbocycles. The molecule has 1 aliphatic rings. The number of benzene rings is 2. The molecule has 1 aromatic heterocycles. The Balaban J connectivity index is 1.55. The van der Waals surface area contributed by atoms with Crippen molar-refractivity contribution in [2.24, 2.45) is 0 Å². The predicted octanol–water partition coefficient (Wildman–Crippen LogP) is 3.91. The number of hydrogen-bond acceptors (Lipinski definition) is 4. The van der Waals surface area contributed by atoms with Gasteiger partial charge in [0, 0.05) is 12.6 Å². The number of nitrogens with zero attached hydrogens (tertiary/aromatic N) is 2. The molecule has 4 rings (SSSR count). The summed E-state index contributed by atoms with van der Waals surface area (Å²) in [5.74, 6) is 1.32. The van der Waals surface area contributed by atoms with Crippen LogP contribution in [0.3, 0.4) is 0 Å². The largest absolute Gasteiger partial charge is 0.475 e. The predicted molar refractivity (Wildman–Crippen MR) is 97.4 cm³/mol. The number of amides is 1. The van der Waals surface area contributed by atoms with Crippen LogP contribution in [0.1, 0.15) is 15.9 Å². The van der Waals surface area contributed by atoms with Crippen molar-refractivity contribution < 1.29 is 14.3 Å². The highest BCUT2D eigenvalue weighted by Crippen LogP contribution is 2.27. The van der Waals surface area contributed by atoms with Crippen LogP contribution in [-0.4, -0.2) is 28.9 Å². The lowest BCUT2D eigenvalue weighted by Crippen LogP contribution is -2.31. The Bertz CT molecular complexity index is 898. The van der Waals surface area contributed by atoms with E-state index in [1.54, 1.807) is 17.0 Å². The van der Waals surface area contributed by atoms with Crippen molar-refractivity contribution in [2.45, 2.75) is 6.54 Å². The van der Waals surface area contributed by atoms with E-state index in [0.717, 1.165) is 5.56 Å². The Labute approximate surface area is 151 Å². The monoisotopic (exact) mass is 346 g/mol. The number of hydrogen-bond donors (Lipinski definition) is 0. The van der Waals surface area contributed by atoms with Gasteiger partial charge in [0.05, 0.1) is 6.54 Å². The zero-order valence-electron chi connectivity index (χ0n) is 14.2. The van der Waals surface area contributed by atoms with Gasteiger partial charge in [-0.25, -0.2) is 0 Å². The van der Waals surface area contributed by atoms with Gasteiger partial charge in [0.25, 0.3) is 5.91 Å². The Morgan fingerprint density at radius 2 is 1.69 bits per heavy atom. The van der Waals surface area contributed by atoms with Crippen molar-refractivity contribution >= 4 is 5.91 Å². The molecule has 26 heavy (non-hydrogen) atoms. The number of aromatic nitrogens is 1. The maximum Gasteiger partial charge on any atom is 0.259 e. The minimum atomic E-state index is -0.0832. The van der Waals surface area contributed by atoms with Crippen LogP contribution in [0.15, 0.2) is 72.8 Å². The maximum absolute atomic E-state index is 12.9. The van der Waals surface area contributed by atoms with Crippen molar-refractivity contribution in [2.75, 3.05) is 13.2 Å². The van der Waals surface area contributed by atoms with Crippen LogP contribution in [-0.2, 0) is 6.54 Å². The molecule has 0 N–H and O–H groups in total. The lowest BCUT2D eigenvalue weighted by Gasteiger charge is -2.19. The molecular weight excluding hydrogens is 328 g/mol. The van der Waals surface area contributed by atoms with Crippen molar-refractivity contribution in [3.63, 3.8) is 0 Å². The van der Waals surface area contributed by atoms with E-state index in [1.165, 1.54) is 0 Å². The quantitative estimate of drug-likeness (QED) is 0.719. The second-order valence-electron chi connectivity index (χ2n) is 5.98. The zero-order chi connectivity index (χ0) is 17.8. The van der Waals surface area contributed by atoms with Crippen LogP contribution < -0.4 is 9.47 Å². The third kappa shape index (κ3) is 3.52. The molecule has 130 valence electrons. The van der Waals surface area contributed by atoms with Crippen LogP contribution in [0.4, 0.5) is 0 Å². The van der Waals surface area contributed by atoms with Gasteiger partial charge in [-0.1, -0.05) is 48.5 Å². The summed E-state index contributed by atoms with van der Waals surface area (Å²) in [6.07, 6.45) is 0. The smallest absolute Gasteiger partial charge is 0.259 e. The van der Waals surface area contributed by atoms with E-state index < -0.39 is 0 Å². The number of para-hydroxylation sites is 1. The van der Waals surface area contributed by atoms with Gasteiger partial charge in [-0.3, -0.25) is 4.79 Å². The molecular formula is C21H18N2O3. The molecule has 1 amide bonds. The van der Waals surface area contributed by atoms with Crippen molar-refractivity contribution in [1.29, 1.82) is 0 Å². The molecule has 2 heterocycles. The van der Waals surface area contributed by atoms with Crippen LogP contribution in [0.2, 0.25) is 0 Å². The molecule has 1 aliphatic heterocycles. The average molecular weight is 346 g/mol. The standard InChI is InChI=1S/C21H18N2O3/c24-21-18-11-12-19(26-17-9-5-2-6-10-17)22-20(18)25-14-13-23(21)15-16-7-3-1-4-8-16/h1-12H,13-15H2. The van der Waals surface area contributed by atoms with Crippen LogP contribution in [0.25, 0.3) is 0 Å². The minimum Gasteiger partial charge on any atom is -0.475 e. The first-order valence-corrected chi connectivity index (χ1v) is 8.49. The fraction of sp³-hybridized carbons (Fsp3) is 0.143. The van der Waals surface area contributed by atoms with Gasteiger partial charge in [0.2, 0.25) is 11.8 Å². The highest BCUT2D eigenvalue weighted by molar-refractivity contribution is 5.96. The zero-order valence-corrected chi connectivity index (χ0v) is 14.2. The van der Waals surface area contributed by atoms with Crippen molar-refractivity contribution in [3.8, 4) is 17.5 Å². The van der Waals surface area contributed by atoms with Crippen molar-refractivity contribution in [1.82, 2.24) is 9.88 Å². The van der Waals surface area contributed by atoms with E-state index in [0.29, 0.717) is 42.8 Å². The summed E-state index contributed by atoms with van der Waals surface area (Å²) < 4.78 is 11.4. The van der Waals surface area contributed by atoms with E-state index in [9.17, 15) is 4.79 Å². The summed E-state index contributed by atoms with van der Waals surface area (Å²) >= 11 is 0. The normalized spacial score (nSPS) is 13.5. The topological polar surface area (TPSA) is 51.7 Å². The molecule has 0 fully saturated rings. The molecule has 0 spiro atoms. The number of carbonyl (C=O) groups excluding carboxylic acids is 1. The molecule has 0 saturated heterocycles. The second-order valence-corrected chi connectivity index (χ2v) is 5.98. The van der Waals surface area contributed by atoms with E-state index >= 15 is 0 Å². The molecule has 0 bridgehead atoms. The van der Waals surface area contributed by atoms with E-state index in [1.807, 2.05) is 60.7 Å². The highest BCUT2D eigenvalue weighted by atomic mass is 16.5. The number of fused-ring (bicyclic) bond motifs is 1. The number of ether oxygens (including phenoxy) is 2. The maximum atomic E-state index is 12.9.